The first-order valence-electron chi connectivity index (χ1n) is 9.66. The molecule has 0 saturated heterocycles. The molecule has 0 N–H and O–H groups in total. The van der Waals surface area contributed by atoms with Gasteiger partial charge in [0.05, 0.1) is 9.85 Å². The lowest BCUT2D eigenvalue weighted by molar-refractivity contribution is -0.385. The summed E-state index contributed by atoms with van der Waals surface area (Å²) < 4.78 is 14.3. The van der Waals surface area contributed by atoms with Crippen molar-refractivity contribution in [3.63, 3.8) is 0 Å². The van der Waals surface area contributed by atoms with Crippen LogP contribution >= 0.6 is 33.2 Å². The average Bonchev–Trinajstić information content (AvgIpc) is 2.85. The summed E-state index contributed by atoms with van der Waals surface area (Å²) in [5, 5.41) is 21.6. The molecule has 0 bridgehead atoms. The molecule has 0 atom stereocenters. The summed E-state index contributed by atoms with van der Waals surface area (Å²) in [6, 6.07) is 15.8. The van der Waals surface area contributed by atoms with Crippen molar-refractivity contribution in [3.8, 4) is 11.5 Å². The number of aromatic nitrogens is 1. The highest BCUT2D eigenvalue weighted by atomic mass is 35.5. The molecule has 188 valence electrons. The van der Waals surface area contributed by atoms with E-state index in [0.717, 1.165) is 5.03 Å². The first-order valence-corrected chi connectivity index (χ1v) is 12.4. The Labute approximate surface area is 216 Å². The van der Waals surface area contributed by atoms with E-state index in [4.69, 9.17) is 21.1 Å². The Morgan fingerprint density at radius 3 is 1.89 bits per heavy atom. The van der Waals surface area contributed by atoms with E-state index in [1.807, 2.05) is 18.2 Å². The van der Waals surface area contributed by atoms with Gasteiger partial charge in [-0.25, -0.2) is 14.6 Å². The van der Waals surface area contributed by atoms with Gasteiger partial charge in [0.1, 0.15) is 23.1 Å². The summed E-state index contributed by atoms with van der Waals surface area (Å²) in [5.74, 6) is 0.943. The lowest BCUT2D eigenvalue weighted by Gasteiger charge is -2.05. The molecule has 3 rings (SSSR count). The average molecular weight is 554 g/mol. The van der Waals surface area contributed by atoms with E-state index in [-0.39, 0.29) is 29.5 Å². The Kier molecular flexibility index (Phi) is 12.0. The number of rotatable bonds is 9. The van der Waals surface area contributed by atoms with Crippen molar-refractivity contribution in [3.05, 3.63) is 93.2 Å². The Morgan fingerprint density at radius 2 is 1.42 bits per heavy atom. The van der Waals surface area contributed by atoms with Crippen molar-refractivity contribution >= 4 is 56.1 Å². The first kappa shape index (κ1) is 28.4. The van der Waals surface area contributed by atoms with Crippen LogP contribution in [0, 0.1) is 20.2 Å². The third kappa shape index (κ3) is 11.0. The lowest BCUT2D eigenvalue weighted by atomic mass is 10.3. The predicted molar refractivity (Wildman–Crippen MR) is 133 cm³/mol. The van der Waals surface area contributed by atoms with Crippen LogP contribution in [0.1, 0.15) is 0 Å². The molecule has 0 fully saturated rings. The number of carbonyl (C=O) groups excluding carboxylic acids is 2. The molecule has 0 radical (unpaired) electrons. The number of hydrogen-bond acceptors (Lipinski definition) is 12. The molecule has 0 aliphatic rings. The number of nitrogens with zero attached hydrogens (tertiary/aromatic N) is 3. The van der Waals surface area contributed by atoms with E-state index in [1.165, 1.54) is 70.1 Å². The molecule has 3 aromatic rings. The second kappa shape index (κ2) is 15.2. The van der Waals surface area contributed by atoms with Gasteiger partial charge in [-0.1, -0.05) is 16.9 Å². The van der Waals surface area contributed by atoms with Crippen LogP contribution in [-0.2, 0) is 4.74 Å². The van der Waals surface area contributed by atoms with Gasteiger partial charge < -0.3 is 14.2 Å². The maximum absolute atomic E-state index is 11.5. The smallest absolute Gasteiger partial charge is 0.433 e. The van der Waals surface area contributed by atoms with Crippen LogP contribution in [0.5, 0.6) is 11.5 Å². The fourth-order valence-electron chi connectivity index (χ4n) is 2.15. The number of pyridine rings is 1. The van der Waals surface area contributed by atoms with E-state index in [0.29, 0.717) is 5.75 Å². The molecule has 15 heteroatoms. The molecule has 0 unspecified atom stereocenters. The number of carbonyl (C=O) groups is 2. The number of halogens is 1. The molecular formula is C21H16ClN3O9S2. The fraction of sp³-hybridized carbons (Fsp3) is 0.0952. The number of benzene rings is 2. The third-order valence-electron chi connectivity index (χ3n) is 3.66. The van der Waals surface area contributed by atoms with Crippen molar-refractivity contribution in [2.45, 2.75) is 5.03 Å². The van der Waals surface area contributed by atoms with Crippen LogP contribution in [0.25, 0.3) is 0 Å². The maximum atomic E-state index is 11.5. The maximum Gasteiger partial charge on any atom is 0.513 e. The summed E-state index contributed by atoms with van der Waals surface area (Å²) >= 11 is 4.92. The molecule has 0 aliphatic carbocycles. The largest absolute Gasteiger partial charge is 0.513 e. The van der Waals surface area contributed by atoms with E-state index in [9.17, 15) is 29.8 Å². The van der Waals surface area contributed by atoms with Gasteiger partial charge in [-0.05, 0) is 47.2 Å². The van der Waals surface area contributed by atoms with Gasteiger partial charge in [0.15, 0.2) is 0 Å². The fourth-order valence-corrected chi connectivity index (χ4v) is 3.94. The second-order valence-electron chi connectivity index (χ2n) is 6.12. The van der Waals surface area contributed by atoms with Crippen LogP contribution < -0.4 is 9.47 Å². The van der Waals surface area contributed by atoms with Crippen molar-refractivity contribution in [1.82, 2.24) is 4.98 Å². The van der Waals surface area contributed by atoms with Crippen LogP contribution in [-0.4, -0.2) is 38.8 Å². The SMILES string of the molecule is O=C(Cl)Oc1ccc([N+](=O)[O-])cc1.O=C(OCCSSc1ccccn1)Oc1ccc([N+](=O)[O-])cc1. The zero-order valence-corrected chi connectivity index (χ0v) is 20.4. The first-order chi connectivity index (χ1) is 17.2. The van der Waals surface area contributed by atoms with Crippen LogP contribution in [0.3, 0.4) is 0 Å². The molecule has 1 aromatic heterocycles. The minimum absolute atomic E-state index is 0.0747. The number of nitro benzene ring substituents is 2. The van der Waals surface area contributed by atoms with Crippen molar-refractivity contribution in [2.24, 2.45) is 0 Å². The summed E-state index contributed by atoms with van der Waals surface area (Å²) in [4.78, 5) is 45.5. The van der Waals surface area contributed by atoms with Gasteiger partial charge in [0.2, 0.25) is 0 Å². The summed E-state index contributed by atoms with van der Waals surface area (Å²) in [6.07, 6.45) is 0.864. The highest BCUT2D eigenvalue weighted by molar-refractivity contribution is 8.76. The van der Waals surface area contributed by atoms with E-state index in [1.54, 1.807) is 6.20 Å². The lowest BCUT2D eigenvalue weighted by Crippen LogP contribution is -2.12. The molecule has 0 amide bonds. The molecule has 12 nitrogen and oxygen atoms in total. The minimum atomic E-state index is -0.978. The minimum Gasteiger partial charge on any atom is -0.433 e. The zero-order chi connectivity index (χ0) is 26.3. The number of hydrogen-bond donors (Lipinski definition) is 0. The van der Waals surface area contributed by atoms with Crippen molar-refractivity contribution in [2.75, 3.05) is 12.4 Å². The van der Waals surface area contributed by atoms with Crippen molar-refractivity contribution in [1.29, 1.82) is 0 Å². The van der Waals surface area contributed by atoms with Crippen LogP contribution in [0.15, 0.2) is 78.0 Å². The van der Waals surface area contributed by atoms with Gasteiger partial charge >= 0.3 is 11.6 Å². The Balaban J connectivity index is 0.000000297. The molecule has 2 aromatic carbocycles. The molecule has 0 spiro atoms. The monoisotopic (exact) mass is 553 g/mol. The van der Waals surface area contributed by atoms with Crippen molar-refractivity contribution < 1.29 is 33.6 Å². The topological polar surface area (TPSA) is 161 Å². The predicted octanol–water partition coefficient (Wildman–Crippen LogP) is 6.28. The molecule has 0 saturated carbocycles. The second-order valence-corrected chi connectivity index (χ2v) is 8.86. The zero-order valence-electron chi connectivity index (χ0n) is 18.1. The Morgan fingerprint density at radius 1 is 0.861 bits per heavy atom. The quantitative estimate of drug-likeness (QED) is 0.0555. The standard InChI is InChI=1S/C14H12N2O5S2.C7H4ClNO4/c17-14(21-12-6-4-11(5-7-12)16(18)19)20-9-10-22-23-13-3-1-2-8-15-13;8-7(10)13-6-3-1-5(2-4-6)9(11)12/h1-8H,9-10H2;1-4H. The Hall–Kier alpha value is -3.88. The van der Waals surface area contributed by atoms with Crippen LogP contribution in [0.4, 0.5) is 21.0 Å². The highest BCUT2D eigenvalue weighted by Gasteiger charge is 2.09. The van der Waals surface area contributed by atoms with Gasteiger partial charge in [-0.15, -0.1) is 0 Å². The van der Waals surface area contributed by atoms with E-state index < -0.39 is 21.4 Å². The van der Waals surface area contributed by atoms with E-state index in [2.05, 4.69) is 9.72 Å². The van der Waals surface area contributed by atoms with Gasteiger partial charge in [0, 0.05) is 47.8 Å². The van der Waals surface area contributed by atoms with Gasteiger partial charge in [0.25, 0.3) is 11.4 Å². The van der Waals surface area contributed by atoms with Gasteiger partial charge in [-0.2, -0.15) is 0 Å². The van der Waals surface area contributed by atoms with E-state index >= 15 is 0 Å². The molecule has 36 heavy (non-hydrogen) atoms. The molecule has 1 heterocycles. The summed E-state index contributed by atoms with van der Waals surface area (Å²) in [7, 11) is 3.00. The Bertz CT molecular complexity index is 1170. The molecule has 0 aliphatic heterocycles. The highest BCUT2D eigenvalue weighted by Crippen LogP contribution is 2.28. The summed E-state index contributed by atoms with van der Waals surface area (Å²) in [6.45, 7) is 0.191. The van der Waals surface area contributed by atoms with Gasteiger partial charge in [-0.3, -0.25) is 20.2 Å². The number of non-ortho nitro benzene ring substituents is 2. The number of ether oxygens (including phenoxy) is 3. The molecular weight excluding hydrogens is 538 g/mol. The normalized spacial score (nSPS) is 9.81. The third-order valence-corrected chi connectivity index (χ3v) is 5.97. The number of nitro groups is 2. The van der Waals surface area contributed by atoms with Crippen LogP contribution in [0.2, 0.25) is 0 Å². The summed E-state index contributed by atoms with van der Waals surface area (Å²) in [5.41, 5.74) is -1.13.